The molecule has 0 atom stereocenters. The smallest absolute Gasteiger partial charge is 0.190 e. The van der Waals surface area contributed by atoms with Gasteiger partial charge in [0.25, 0.3) is 0 Å². The Morgan fingerprint density at radius 1 is 0.786 bits per heavy atom. The van der Waals surface area contributed by atoms with Gasteiger partial charge in [0.15, 0.2) is 17.5 Å². The maximum absolute atomic E-state index is 5.36. The largest absolute Gasteiger partial charge is 0.497 e. The quantitative estimate of drug-likeness (QED) is 0.374. The van der Waals surface area contributed by atoms with E-state index in [1.807, 2.05) is 24.3 Å². The van der Waals surface area contributed by atoms with Gasteiger partial charge in [-0.1, -0.05) is 18.2 Å². The second kappa shape index (κ2) is 11.7. The molecule has 0 saturated heterocycles. The van der Waals surface area contributed by atoms with E-state index in [9.17, 15) is 0 Å². The van der Waals surface area contributed by atoms with E-state index in [1.54, 1.807) is 28.4 Å². The molecule has 0 bridgehead atoms. The summed E-state index contributed by atoms with van der Waals surface area (Å²) in [5.74, 6) is 3.22. The second-order valence-electron chi connectivity index (χ2n) is 6.32. The van der Waals surface area contributed by atoms with Crippen molar-refractivity contribution in [2.45, 2.75) is 19.3 Å². The molecule has 2 aromatic carbocycles. The Hall–Kier alpha value is -2.89. The van der Waals surface area contributed by atoms with Crippen LogP contribution >= 0.6 is 0 Å². The maximum atomic E-state index is 5.36. The Labute approximate surface area is 167 Å². The van der Waals surface area contributed by atoms with Gasteiger partial charge in [-0.15, -0.1) is 0 Å². The van der Waals surface area contributed by atoms with E-state index in [0.717, 1.165) is 55.6 Å². The molecule has 0 aromatic heterocycles. The molecule has 2 aromatic rings. The van der Waals surface area contributed by atoms with E-state index in [0.29, 0.717) is 0 Å². The molecular formula is C22H31N3O3. The number of methoxy groups -OCH3 is 3. The first-order valence-electron chi connectivity index (χ1n) is 9.48. The zero-order valence-corrected chi connectivity index (χ0v) is 17.2. The van der Waals surface area contributed by atoms with Gasteiger partial charge < -0.3 is 24.8 Å². The summed E-state index contributed by atoms with van der Waals surface area (Å²) in [5, 5.41) is 6.71. The number of rotatable bonds is 10. The molecular weight excluding hydrogens is 354 g/mol. The van der Waals surface area contributed by atoms with Crippen LogP contribution in [-0.2, 0) is 12.8 Å². The summed E-state index contributed by atoms with van der Waals surface area (Å²) in [6.07, 6.45) is 2.88. The zero-order valence-electron chi connectivity index (χ0n) is 17.2. The van der Waals surface area contributed by atoms with Gasteiger partial charge in [0.05, 0.1) is 21.3 Å². The van der Waals surface area contributed by atoms with E-state index in [-0.39, 0.29) is 0 Å². The lowest BCUT2D eigenvalue weighted by Crippen LogP contribution is -2.38. The second-order valence-corrected chi connectivity index (χ2v) is 6.32. The van der Waals surface area contributed by atoms with Crippen molar-refractivity contribution in [2.24, 2.45) is 4.99 Å². The van der Waals surface area contributed by atoms with Crippen molar-refractivity contribution in [2.75, 3.05) is 41.5 Å². The highest BCUT2D eigenvalue weighted by Gasteiger charge is 2.05. The standard InChI is InChI=1S/C22H31N3O3/c1-23-22(25-15-13-17-7-10-19(26-2)11-8-17)24-14-5-6-18-9-12-20(27-3)21(16-18)28-4/h7-12,16H,5-6,13-15H2,1-4H3,(H2,23,24,25). The average Bonchev–Trinajstić information content (AvgIpc) is 2.75. The van der Waals surface area contributed by atoms with Crippen molar-refractivity contribution < 1.29 is 14.2 Å². The van der Waals surface area contributed by atoms with Crippen LogP contribution in [-0.4, -0.2) is 47.4 Å². The summed E-state index contributed by atoms with van der Waals surface area (Å²) in [5.41, 5.74) is 2.49. The molecule has 0 aliphatic rings. The highest BCUT2D eigenvalue weighted by atomic mass is 16.5. The average molecular weight is 386 g/mol. The van der Waals surface area contributed by atoms with Crippen molar-refractivity contribution in [3.63, 3.8) is 0 Å². The fourth-order valence-corrected chi connectivity index (χ4v) is 2.87. The lowest BCUT2D eigenvalue weighted by atomic mass is 10.1. The number of aliphatic imine (C=N–C) groups is 1. The number of ether oxygens (including phenoxy) is 3. The highest BCUT2D eigenvalue weighted by Crippen LogP contribution is 2.27. The molecule has 0 fully saturated rings. The minimum absolute atomic E-state index is 0.755. The van der Waals surface area contributed by atoms with E-state index in [1.165, 1.54) is 11.1 Å². The van der Waals surface area contributed by atoms with Crippen molar-refractivity contribution in [1.82, 2.24) is 10.6 Å². The molecule has 0 radical (unpaired) electrons. The fourth-order valence-electron chi connectivity index (χ4n) is 2.87. The molecule has 28 heavy (non-hydrogen) atoms. The van der Waals surface area contributed by atoms with Crippen molar-refractivity contribution >= 4 is 5.96 Å². The molecule has 0 amide bonds. The summed E-state index contributed by atoms with van der Waals surface area (Å²) in [6.45, 7) is 1.66. The van der Waals surface area contributed by atoms with Crippen molar-refractivity contribution in [1.29, 1.82) is 0 Å². The Morgan fingerprint density at radius 3 is 2.11 bits per heavy atom. The number of aryl methyl sites for hydroxylation is 1. The lowest BCUT2D eigenvalue weighted by molar-refractivity contribution is 0.354. The normalized spacial score (nSPS) is 11.1. The van der Waals surface area contributed by atoms with Gasteiger partial charge in [0.2, 0.25) is 0 Å². The van der Waals surface area contributed by atoms with Gasteiger partial charge in [-0.2, -0.15) is 0 Å². The van der Waals surface area contributed by atoms with Crippen LogP contribution in [0.25, 0.3) is 0 Å². The summed E-state index contributed by atoms with van der Waals surface area (Å²) in [6, 6.07) is 14.2. The van der Waals surface area contributed by atoms with Crippen LogP contribution < -0.4 is 24.8 Å². The van der Waals surface area contributed by atoms with Crippen LogP contribution in [0.5, 0.6) is 17.2 Å². The first-order valence-corrected chi connectivity index (χ1v) is 9.48. The minimum atomic E-state index is 0.755. The summed E-state index contributed by atoms with van der Waals surface area (Å²) in [7, 11) is 6.77. The van der Waals surface area contributed by atoms with Crippen LogP contribution in [0.2, 0.25) is 0 Å². The SMILES string of the molecule is CN=C(NCCCc1ccc(OC)c(OC)c1)NCCc1ccc(OC)cc1. The van der Waals surface area contributed by atoms with Gasteiger partial charge >= 0.3 is 0 Å². The van der Waals surface area contributed by atoms with Gasteiger partial charge in [-0.05, 0) is 54.7 Å². The third-order valence-corrected chi connectivity index (χ3v) is 4.47. The predicted octanol–water partition coefficient (Wildman–Crippen LogP) is 3.05. The number of guanidine groups is 1. The number of benzene rings is 2. The van der Waals surface area contributed by atoms with Gasteiger partial charge in [-0.25, -0.2) is 0 Å². The maximum Gasteiger partial charge on any atom is 0.190 e. The Morgan fingerprint density at radius 2 is 1.46 bits per heavy atom. The van der Waals surface area contributed by atoms with Crippen LogP contribution in [0.15, 0.2) is 47.5 Å². The van der Waals surface area contributed by atoms with Crippen molar-refractivity contribution in [3.05, 3.63) is 53.6 Å². The molecule has 0 heterocycles. The number of hydrogen-bond donors (Lipinski definition) is 2. The van der Waals surface area contributed by atoms with E-state index in [4.69, 9.17) is 14.2 Å². The Balaban J connectivity index is 1.69. The Bertz CT molecular complexity index is 745. The summed E-state index contributed by atoms with van der Waals surface area (Å²) in [4.78, 5) is 4.28. The van der Waals surface area contributed by atoms with Crippen LogP contribution in [0.3, 0.4) is 0 Å². The Kier molecular flexibility index (Phi) is 8.98. The van der Waals surface area contributed by atoms with Gasteiger partial charge in [-0.3, -0.25) is 4.99 Å². The molecule has 0 spiro atoms. The number of hydrogen-bond acceptors (Lipinski definition) is 4. The van der Waals surface area contributed by atoms with Crippen LogP contribution in [0, 0.1) is 0 Å². The van der Waals surface area contributed by atoms with Crippen LogP contribution in [0.1, 0.15) is 17.5 Å². The first kappa shape index (κ1) is 21.4. The number of nitrogens with one attached hydrogen (secondary N) is 2. The summed E-state index contributed by atoms with van der Waals surface area (Å²) >= 11 is 0. The minimum Gasteiger partial charge on any atom is -0.497 e. The molecule has 6 nitrogen and oxygen atoms in total. The van der Waals surface area contributed by atoms with E-state index in [2.05, 4.69) is 33.8 Å². The summed E-state index contributed by atoms with van der Waals surface area (Å²) < 4.78 is 15.8. The fraction of sp³-hybridized carbons (Fsp3) is 0.409. The molecule has 0 saturated carbocycles. The van der Waals surface area contributed by atoms with E-state index >= 15 is 0 Å². The number of nitrogens with zero attached hydrogens (tertiary/aromatic N) is 1. The molecule has 0 aliphatic heterocycles. The molecule has 2 rings (SSSR count). The molecule has 0 aliphatic carbocycles. The molecule has 0 unspecified atom stereocenters. The topological polar surface area (TPSA) is 64.1 Å². The molecule has 6 heteroatoms. The van der Waals surface area contributed by atoms with E-state index < -0.39 is 0 Å². The molecule has 152 valence electrons. The predicted molar refractivity (Wildman–Crippen MR) is 114 cm³/mol. The third-order valence-electron chi connectivity index (χ3n) is 4.47. The highest BCUT2D eigenvalue weighted by molar-refractivity contribution is 5.79. The van der Waals surface area contributed by atoms with Crippen molar-refractivity contribution in [3.8, 4) is 17.2 Å². The molecule has 2 N–H and O–H groups in total. The first-order chi connectivity index (χ1) is 13.7. The van der Waals surface area contributed by atoms with Gasteiger partial charge in [0.1, 0.15) is 5.75 Å². The zero-order chi connectivity index (χ0) is 20.2. The third kappa shape index (κ3) is 6.68. The van der Waals surface area contributed by atoms with Gasteiger partial charge in [0, 0.05) is 20.1 Å². The van der Waals surface area contributed by atoms with Crippen LogP contribution in [0.4, 0.5) is 0 Å². The monoisotopic (exact) mass is 385 g/mol. The lowest BCUT2D eigenvalue weighted by Gasteiger charge is -2.13.